The quantitative estimate of drug-likeness (QED) is 0.637. The van der Waals surface area contributed by atoms with Crippen LogP contribution in [0.5, 0.6) is 0 Å². The zero-order chi connectivity index (χ0) is 12.5. The lowest BCUT2D eigenvalue weighted by Gasteiger charge is -2.31. The van der Waals surface area contributed by atoms with Gasteiger partial charge in [0.1, 0.15) is 6.04 Å². The van der Waals surface area contributed by atoms with Crippen LogP contribution < -0.4 is 10.6 Å². The fourth-order valence-electron chi connectivity index (χ4n) is 3.50. The van der Waals surface area contributed by atoms with Gasteiger partial charge in [-0.1, -0.05) is 0 Å². The van der Waals surface area contributed by atoms with E-state index in [1.807, 2.05) is 4.90 Å². The Hall–Kier alpha value is -1.10. The van der Waals surface area contributed by atoms with Crippen LogP contribution in [-0.4, -0.2) is 47.9 Å². The van der Waals surface area contributed by atoms with E-state index < -0.39 is 0 Å². The summed E-state index contributed by atoms with van der Waals surface area (Å²) in [5.74, 6) is 0.199. The predicted molar refractivity (Wildman–Crippen MR) is 66.9 cm³/mol. The summed E-state index contributed by atoms with van der Waals surface area (Å²) in [6.45, 7) is 1.52. The van der Waals surface area contributed by atoms with Gasteiger partial charge in [0.05, 0.1) is 6.04 Å². The number of carbonyl (C=O) groups excluding carboxylic acids is 2. The van der Waals surface area contributed by atoms with Gasteiger partial charge in [-0.25, -0.2) is 0 Å². The van der Waals surface area contributed by atoms with Crippen molar-refractivity contribution in [1.82, 2.24) is 15.5 Å². The van der Waals surface area contributed by atoms with Crippen molar-refractivity contribution in [3.63, 3.8) is 0 Å². The first kappa shape index (κ1) is 12.0. The molecule has 18 heavy (non-hydrogen) atoms. The summed E-state index contributed by atoms with van der Waals surface area (Å²) < 4.78 is 0. The second-order valence-corrected chi connectivity index (χ2v) is 5.57. The Bertz CT molecular complexity index is 358. The molecule has 0 aromatic rings. The molecule has 100 valence electrons. The molecule has 3 rings (SSSR count). The van der Waals surface area contributed by atoms with Crippen LogP contribution in [0.25, 0.3) is 0 Å². The van der Waals surface area contributed by atoms with E-state index in [1.165, 1.54) is 0 Å². The molecule has 0 aromatic heterocycles. The van der Waals surface area contributed by atoms with E-state index in [1.54, 1.807) is 0 Å². The van der Waals surface area contributed by atoms with Crippen molar-refractivity contribution < 1.29 is 9.59 Å². The zero-order valence-electron chi connectivity index (χ0n) is 10.7. The Morgan fingerprint density at radius 3 is 2.78 bits per heavy atom. The van der Waals surface area contributed by atoms with E-state index in [0.29, 0.717) is 12.6 Å². The molecule has 3 aliphatic heterocycles. The van der Waals surface area contributed by atoms with Gasteiger partial charge >= 0.3 is 0 Å². The minimum atomic E-state index is -0.219. The standard InChI is InChI=1S/C13H21N3O2/c17-12-11-6-5-9-3-1-4-10(13(18)16(9)11)14-7-2-8-15-12/h9-11,14H,1-8H2,(H,15,17)/t9-,10+,11-/m0/s1. The first-order valence-corrected chi connectivity index (χ1v) is 7.10. The fraction of sp³-hybridized carbons (Fsp3) is 0.846. The van der Waals surface area contributed by atoms with Crippen LogP contribution in [0.4, 0.5) is 0 Å². The Morgan fingerprint density at radius 1 is 1.00 bits per heavy atom. The van der Waals surface area contributed by atoms with Gasteiger partial charge in [0.15, 0.2) is 0 Å². The topological polar surface area (TPSA) is 61.4 Å². The smallest absolute Gasteiger partial charge is 0.242 e. The summed E-state index contributed by atoms with van der Waals surface area (Å²) in [5.41, 5.74) is 0. The van der Waals surface area contributed by atoms with Crippen LogP contribution in [0.3, 0.4) is 0 Å². The molecule has 2 amide bonds. The summed E-state index contributed by atoms with van der Waals surface area (Å²) in [6.07, 6.45) is 5.75. The van der Waals surface area contributed by atoms with Gasteiger partial charge in [-0.3, -0.25) is 9.59 Å². The molecule has 0 aliphatic carbocycles. The SMILES string of the molecule is O=C1NCCCN[C@@H]2CCC[C@H]3CC[C@@H]1N3C2=O. The maximum absolute atomic E-state index is 12.6. The largest absolute Gasteiger partial charge is 0.354 e. The van der Waals surface area contributed by atoms with E-state index in [0.717, 1.165) is 45.1 Å². The molecule has 3 fully saturated rings. The van der Waals surface area contributed by atoms with Gasteiger partial charge < -0.3 is 15.5 Å². The highest BCUT2D eigenvalue weighted by Gasteiger charge is 2.44. The third-order valence-corrected chi connectivity index (χ3v) is 4.43. The van der Waals surface area contributed by atoms with Crippen LogP contribution in [0.2, 0.25) is 0 Å². The van der Waals surface area contributed by atoms with Gasteiger partial charge in [-0.15, -0.1) is 0 Å². The monoisotopic (exact) mass is 251 g/mol. The number of fused-ring (bicyclic) bond motifs is 1. The molecule has 5 nitrogen and oxygen atoms in total. The van der Waals surface area contributed by atoms with E-state index in [-0.39, 0.29) is 23.9 Å². The first-order chi connectivity index (χ1) is 8.77. The molecule has 0 aromatic carbocycles. The van der Waals surface area contributed by atoms with Crippen molar-refractivity contribution in [3.05, 3.63) is 0 Å². The van der Waals surface area contributed by atoms with E-state index in [2.05, 4.69) is 10.6 Å². The lowest BCUT2D eigenvalue weighted by Crippen LogP contribution is -2.55. The molecule has 2 bridgehead atoms. The number of amides is 2. The van der Waals surface area contributed by atoms with E-state index in [9.17, 15) is 9.59 Å². The fourth-order valence-corrected chi connectivity index (χ4v) is 3.50. The van der Waals surface area contributed by atoms with Gasteiger partial charge in [0.25, 0.3) is 0 Å². The molecule has 3 aliphatic rings. The molecule has 0 spiro atoms. The molecular weight excluding hydrogens is 230 g/mol. The second kappa shape index (κ2) is 4.88. The van der Waals surface area contributed by atoms with Crippen LogP contribution >= 0.6 is 0 Å². The summed E-state index contributed by atoms with van der Waals surface area (Å²) in [5, 5.41) is 6.30. The van der Waals surface area contributed by atoms with Crippen molar-refractivity contribution in [2.75, 3.05) is 13.1 Å². The van der Waals surface area contributed by atoms with Gasteiger partial charge in [0, 0.05) is 12.6 Å². The van der Waals surface area contributed by atoms with Gasteiger partial charge in [0.2, 0.25) is 11.8 Å². The number of nitrogens with zero attached hydrogens (tertiary/aromatic N) is 1. The lowest BCUT2D eigenvalue weighted by molar-refractivity contribution is -0.141. The maximum atomic E-state index is 12.6. The highest BCUT2D eigenvalue weighted by atomic mass is 16.2. The van der Waals surface area contributed by atoms with Crippen LogP contribution in [0.15, 0.2) is 0 Å². The average molecular weight is 251 g/mol. The summed E-state index contributed by atoms with van der Waals surface area (Å²) >= 11 is 0. The Kier molecular flexibility index (Phi) is 3.24. The van der Waals surface area contributed by atoms with E-state index in [4.69, 9.17) is 0 Å². The third kappa shape index (κ3) is 2.00. The molecule has 5 heteroatoms. The summed E-state index contributed by atoms with van der Waals surface area (Å²) in [7, 11) is 0. The molecule has 0 saturated carbocycles. The first-order valence-electron chi connectivity index (χ1n) is 7.10. The second-order valence-electron chi connectivity index (χ2n) is 5.57. The van der Waals surface area contributed by atoms with Crippen molar-refractivity contribution >= 4 is 11.8 Å². The van der Waals surface area contributed by atoms with Crippen molar-refractivity contribution in [3.8, 4) is 0 Å². The van der Waals surface area contributed by atoms with Crippen LogP contribution in [0.1, 0.15) is 38.5 Å². The van der Waals surface area contributed by atoms with Crippen molar-refractivity contribution in [2.45, 2.75) is 56.7 Å². The minimum absolute atomic E-state index is 0.0494. The molecular formula is C13H21N3O2. The minimum Gasteiger partial charge on any atom is -0.354 e. The molecule has 0 unspecified atom stereocenters. The van der Waals surface area contributed by atoms with Crippen molar-refractivity contribution in [1.29, 1.82) is 0 Å². The molecule has 2 N–H and O–H groups in total. The number of hydrogen-bond donors (Lipinski definition) is 2. The molecule has 3 saturated heterocycles. The summed E-state index contributed by atoms with van der Waals surface area (Å²) in [6, 6.07) is 0.00368. The zero-order valence-corrected chi connectivity index (χ0v) is 10.7. The summed E-state index contributed by atoms with van der Waals surface area (Å²) in [4.78, 5) is 26.6. The lowest BCUT2D eigenvalue weighted by atomic mass is 10.1. The molecule has 3 atom stereocenters. The average Bonchev–Trinajstić information content (AvgIpc) is 2.73. The maximum Gasteiger partial charge on any atom is 0.242 e. The normalized spacial score (nSPS) is 37.1. The van der Waals surface area contributed by atoms with Crippen LogP contribution in [-0.2, 0) is 9.59 Å². The Balaban J connectivity index is 1.89. The Labute approximate surface area is 107 Å². The van der Waals surface area contributed by atoms with Gasteiger partial charge in [-0.2, -0.15) is 0 Å². The molecule has 0 radical (unpaired) electrons. The number of hydrogen-bond acceptors (Lipinski definition) is 3. The van der Waals surface area contributed by atoms with E-state index >= 15 is 0 Å². The van der Waals surface area contributed by atoms with Crippen molar-refractivity contribution in [2.24, 2.45) is 0 Å². The number of carbonyl (C=O) groups is 2. The van der Waals surface area contributed by atoms with Gasteiger partial charge in [-0.05, 0) is 45.1 Å². The highest BCUT2D eigenvalue weighted by molar-refractivity contribution is 5.91. The number of nitrogens with one attached hydrogen (secondary N) is 2. The Morgan fingerprint density at radius 2 is 1.89 bits per heavy atom. The number of rotatable bonds is 0. The highest BCUT2D eigenvalue weighted by Crippen LogP contribution is 2.32. The van der Waals surface area contributed by atoms with Crippen LogP contribution in [0, 0.1) is 0 Å². The predicted octanol–water partition coefficient (Wildman–Crippen LogP) is 0.00800. The third-order valence-electron chi connectivity index (χ3n) is 4.43. The molecule has 3 heterocycles.